The standard InChI is InChI=1S/C16H13F3N4O2/c17-16(18,19)14-6-11(22-15-10(7-20)8-21-23(14)15)9-1-2-12-13(5-9)25-4-3-24-12/h1-2,5,8,11,14,22H,3-4,6H2/t11-,14-/m1/s1. The summed E-state index contributed by atoms with van der Waals surface area (Å²) in [6, 6.07) is 4.51. The number of ether oxygens (including phenoxy) is 2. The summed E-state index contributed by atoms with van der Waals surface area (Å²) in [6.45, 7) is 0.833. The van der Waals surface area contributed by atoms with Crippen LogP contribution in [-0.4, -0.2) is 29.2 Å². The summed E-state index contributed by atoms with van der Waals surface area (Å²) in [5, 5.41) is 15.9. The summed E-state index contributed by atoms with van der Waals surface area (Å²) in [7, 11) is 0. The van der Waals surface area contributed by atoms with Gasteiger partial charge in [-0.1, -0.05) is 6.07 Å². The number of rotatable bonds is 1. The van der Waals surface area contributed by atoms with Crippen LogP contribution in [0.4, 0.5) is 19.0 Å². The average Bonchev–Trinajstić information content (AvgIpc) is 3.02. The second kappa shape index (κ2) is 5.58. The highest BCUT2D eigenvalue weighted by Crippen LogP contribution is 2.45. The Balaban J connectivity index is 1.73. The third-order valence-electron chi connectivity index (χ3n) is 4.33. The molecule has 3 heterocycles. The first-order valence-electron chi connectivity index (χ1n) is 7.68. The van der Waals surface area contributed by atoms with Crippen molar-refractivity contribution in [1.29, 1.82) is 5.26 Å². The van der Waals surface area contributed by atoms with Crippen LogP contribution in [0.25, 0.3) is 0 Å². The normalized spacial score (nSPS) is 21.8. The molecular formula is C16H13F3N4O2. The van der Waals surface area contributed by atoms with Crippen molar-refractivity contribution in [3.63, 3.8) is 0 Å². The summed E-state index contributed by atoms with van der Waals surface area (Å²) in [4.78, 5) is 0. The number of fused-ring (bicyclic) bond motifs is 2. The van der Waals surface area contributed by atoms with Gasteiger partial charge >= 0.3 is 6.18 Å². The zero-order valence-electron chi connectivity index (χ0n) is 12.9. The smallest absolute Gasteiger partial charge is 0.410 e. The molecule has 4 rings (SSSR count). The van der Waals surface area contributed by atoms with Gasteiger partial charge in [0, 0.05) is 6.42 Å². The monoisotopic (exact) mass is 350 g/mol. The second-order valence-corrected chi connectivity index (χ2v) is 5.86. The van der Waals surface area contributed by atoms with Crippen molar-refractivity contribution < 1.29 is 22.6 Å². The van der Waals surface area contributed by atoms with Gasteiger partial charge in [-0.15, -0.1) is 0 Å². The number of benzene rings is 1. The Morgan fingerprint density at radius 3 is 2.72 bits per heavy atom. The molecule has 130 valence electrons. The molecule has 2 aliphatic rings. The van der Waals surface area contributed by atoms with E-state index < -0.39 is 18.3 Å². The first-order chi connectivity index (χ1) is 12.0. The van der Waals surface area contributed by atoms with Gasteiger partial charge in [-0.25, -0.2) is 4.68 Å². The number of halogens is 3. The van der Waals surface area contributed by atoms with Gasteiger partial charge in [0.1, 0.15) is 30.7 Å². The molecule has 0 unspecified atom stereocenters. The number of nitrogens with one attached hydrogen (secondary N) is 1. The van der Waals surface area contributed by atoms with E-state index in [0.29, 0.717) is 30.3 Å². The maximum atomic E-state index is 13.5. The van der Waals surface area contributed by atoms with Crippen molar-refractivity contribution in [3.05, 3.63) is 35.5 Å². The number of hydrogen-bond donors (Lipinski definition) is 1. The van der Waals surface area contributed by atoms with E-state index >= 15 is 0 Å². The van der Waals surface area contributed by atoms with Crippen LogP contribution in [0.2, 0.25) is 0 Å². The first-order valence-corrected chi connectivity index (χ1v) is 7.68. The summed E-state index contributed by atoms with van der Waals surface area (Å²) in [6.07, 6.45) is -3.56. The van der Waals surface area contributed by atoms with Crippen LogP contribution in [0, 0.1) is 11.3 Å². The lowest BCUT2D eigenvalue weighted by Gasteiger charge is -2.34. The molecule has 6 nitrogen and oxygen atoms in total. The molecular weight excluding hydrogens is 337 g/mol. The molecule has 9 heteroatoms. The van der Waals surface area contributed by atoms with Gasteiger partial charge in [0.15, 0.2) is 17.5 Å². The fourth-order valence-electron chi connectivity index (χ4n) is 3.14. The van der Waals surface area contributed by atoms with Crippen LogP contribution < -0.4 is 14.8 Å². The number of alkyl halides is 3. The molecule has 0 saturated heterocycles. The molecule has 0 bridgehead atoms. The van der Waals surface area contributed by atoms with Crippen LogP contribution in [-0.2, 0) is 0 Å². The molecule has 0 spiro atoms. The molecule has 0 fully saturated rings. The highest BCUT2D eigenvalue weighted by Gasteiger charge is 2.47. The lowest BCUT2D eigenvalue weighted by Crippen LogP contribution is -2.35. The highest BCUT2D eigenvalue weighted by molar-refractivity contribution is 5.55. The molecule has 1 aromatic heterocycles. The van der Waals surface area contributed by atoms with E-state index in [0.717, 1.165) is 10.9 Å². The van der Waals surface area contributed by atoms with E-state index in [1.54, 1.807) is 18.2 Å². The Hall–Kier alpha value is -2.89. The van der Waals surface area contributed by atoms with Crippen LogP contribution in [0.3, 0.4) is 0 Å². The van der Waals surface area contributed by atoms with E-state index in [9.17, 15) is 13.2 Å². The predicted molar refractivity (Wildman–Crippen MR) is 80.4 cm³/mol. The minimum Gasteiger partial charge on any atom is -0.486 e. The van der Waals surface area contributed by atoms with Gasteiger partial charge in [-0.05, 0) is 17.7 Å². The number of nitrogens with zero attached hydrogens (tertiary/aromatic N) is 3. The molecule has 0 saturated carbocycles. The first kappa shape index (κ1) is 15.6. The highest BCUT2D eigenvalue weighted by atomic mass is 19.4. The zero-order valence-corrected chi connectivity index (χ0v) is 12.9. The SMILES string of the molecule is N#Cc1cnn2c1N[C@@H](c1ccc3c(c1)OCCO3)C[C@@H]2C(F)(F)F. The number of nitriles is 1. The quantitative estimate of drug-likeness (QED) is 0.855. The Morgan fingerprint density at radius 1 is 1.24 bits per heavy atom. The van der Waals surface area contributed by atoms with Gasteiger partial charge in [0.05, 0.1) is 12.2 Å². The number of aromatic nitrogens is 2. The van der Waals surface area contributed by atoms with Crippen molar-refractivity contribution in [2.24, 2.45) is 0 Å². The second-order valence-electron chi connectivity index (χ2n) is 5.86. The maximum absolute atomic E-state index is 13.5. The molecule has 0 amide bonds. The molecule has 0 radical (unpaired) electrons. The van der Waals surface area contributed by atoms with E-state index in [-0.39, 0.29) is 17.8 Å². The van der Waals surface area contributed by atoms with Crippen molar-refractivity contribution in [2.75, 3.05) is 18.5 Å². The molecule has 2 atom stereocenters. The largest absolute Gasteiger partial charge is 0.486 e. The third-order valence-corrected chi connectivity index (χ3v) is 4.33. The van der Waals surface area contributed by atoms with Gasteiger partial charge in [-0.3, -0.25) is 0 Å². The Bertz CT molecular complexity index is 856. The van der Waals surface area contributed by atoms with Crippen molar-refractivity contribution in [2.45, 2.75) is 24.7 Å². The molecule has 1 aromatic carbocycles. The lowest BCUT2D eigenvalue weighted by atomic mass is 9.96. The average molecular weight is 350 g/mol. The molecule has 1 N–H and O–H groups in total. The maximum Gasteiger partial charge on any atom is 0.410 e. The predicted octanol–water partition coefficient (Wildman–Crippen LogP) is 3.19. The van der Waals surface area contributed by atoms with Crippen LogP contribution in [0.5, 0.6) is 11.5 Å². The Kier molecular flexibility index (Phi) is 3.49. The zero-order chi connectivity index (χ0) is 17.6. The van der Waals surface area contributed by atoms with E-state index in [1.807, 2.05) is 6.07 Å². The summed E-state index contributed by atoms with van der Waals surface area (Å²) < 4.78 is 52.2. The van der Waals surface area contributed by atoms with Gasteiger partial charge in [0.2, 0.25) is 0 Å². The fraction of sp³-hybridized carbons (Fsp3) is 0.375. The Morgan fingerprint density at radius 2 is 2.00 bits per heavy atom. The molecule has 25 heavy (non-hydrogen) atoms. The Labute approximate surface area is 140 Å². The topological polar surface area (TPSA) is 72.1 Å². The number of hydrogen-bond acceptors (Lipinski definition) is 5. The summed E-state index contributed by atoms with van der Waals surface area (Å²) in [5.41, 5.74) is 0.714. The van der Waals surface area contributed by atoms with Gasteiger partial charge in [0.25, 0.3) is 0 Å². The van der Waals surface area contributed by atoms with Gasteiger partial charge < -0.3 is 14.8 Å². The third kappa shape index (κ3) is 2.63. The minimum absolute atomic E-state index is 0.0796. The van der Waals surface area contributed by atoms with E-state index in [4.69, 9.17) is 14.7 Å². The van der Waals surface area contributed by atoms with E-state index in [2.05, 4.69) is 10.4 Å². The van der Waals surface area contributed by atoms with Gasteiger partial charge in [-0.2, -0.15) is 23.5 Å². The van der Waals surface area contributed by atoms with Crippen LogP contribution in [0.15, 0.2) is 24.4 Å². The summed E-state index contributed by atoms with van der Waals surface area (Å²) >= 11 is 0. The lowest BCUT2D eigenvalue weighted by molar-refractivity contribution is -0.173. The fourth-order valence-corrected chi connectivity index (χ4v) is 3.14. The molecule has 0 aliphatic carbocycles. The van der Waals surface area contributed by atoms with Crippen molar-refractivity contribution in [3.8, 4) is 17.6 Å². The molecule has 2 aliphatic heterocycles. The molecule has 2 aromatic rings. The minimum atomic E-state index is -4.47. The van der Waals surface area contributed by atoms with E-state index in [1.165, 1.54) is 0 Å². The van der Waals surface area contributed by atoms with Crippen molar-refractivity contribution in [1.82, 2.24) is 9.78 Å². The van der Waals surface area contributed by atoms with Crippen molar-refractivity contribution >= 4 is 5.82 Å². The van der Waals surface area contributed by atoms with Crippen LogP contribution in [0.1, 0.15) is 29.6 Å². The summed E-state index contributed by atoms with van der Waals surface area (Å²) in [5.74, 6) is 1.16. The van der Waals surface area contributed by atoms with Crippen LogP contribution >= 0.6 is 0 Å². The number of anilines is 1.